The molecule has 4 heteroatoms. The molecule has 1 heterocycles. The van der Waals surface area contributed by atoms with Gasteiger partial charge >= 0.3 is 0 Å². The van der Waals surface area contributed by atoms with Gasteiger partial charge in [0.2, 0.25) is 0 Å². The van der Waals surface area contributed by atoms with Crippen LogP contribution in [0, 0.1) is 5.41 Å². The van der Waals surface area contributed by atoms with Gasteiger partial charge in [0.25, 0.3) is 0 Å². The van der Waals surface area contributed by atoms with Crippen LogP contribution in [0.1, 0.15) is 51.4 Å². The first-order valence-electron chi connectivity index (χ1n) is 7.39. The molecule has 1 saturated carbocycles. The SMILES string of the molecule is CS(=O)(=O)CCCN1CCC2(CCCCC2)CC1. The van der Waals surface area contributed by atoms with Crippen LogP contribution in [-0.4, -0.2) is 45.0 Å². The maximum Gasteiger partial charge on any atom is 0.147 e. The molecule has 1 aliphatic carbocycles. The van der Waals surface area contributed by atoms with Crippen LogP contribution < -0.4 is 0 Å². The molecule has 3 nitrogen and oxygen atoms in total. The average Bonchev–Trinajstić information content (AvgIpc) is 2.32. The van der Waals surface area contributed by atoms with Gasteiger partial charge in [-0.1, -0.05) is 19.3 Å². The summed E-state index contributed by atoms with van der Waals surface area (Å²) < 4.78 is 22.2. The van der Waals surface area contributed by atoms with E-state index >= 15 is 0 Å². The Bertz CT molecular complexity index is 348. The highest BCUT2D eigenvalue weighted by atomic mass is 32.2. The molecule has 0 aromatic carbocycles. The molecule has 2 rings (SSSR count). The van der Waals surface area contributed by atoms with Gasteiger partial charge in [-0.25, -0.2) is 8.42 Å². The molecule has 106 valence electrons. The van der Waals surface area contributed by atoms with Crippen LogP contribution in [0.25, 0.3) is 0 Å². The average molecular weight is 273 g/mol. The van der Waals surface area contributed by atoms with Crippen molar-refractivity contribution in [1.29, 1.82) is 0 Å². The van der Waals surface area contributed by atoms with E-state index in [9.17, 15) is 8.42 Å². The van der Waals surface area contributed by atoms with Crippen LogP contribution in [0.3, 0.4) is 0 Å². The third-order valence-corrected chi connectivity index (χ3v) is 5.85. The van der Waals surface area contributed by atoms with Crippen LogP contribution in [-0.2, 0) is 9.84 Å². The van der Waals surface area contributed by atoms with E-state index in [4.69, 9.17) is 0 Å². The van der Waals surface area contributed by atoms with Crippen LogP contribution >= 0.6 is 0 Å². The molecule has 0 aromatic heterocycles. The molecule has 0 amide bonds. The molecule has 1 saturated heterocycles. The van der Waals surface area contributed by atoms with E-state index < -0.39 is 9.84 Å². The summed E-state index contributed by atoms with van der Waals surface area (Å²) in [5.41, 5.74) is 0.658. The van der Waals surface area contributed by atoms with Crippen molar-refractivity contribution in [2.45, 2.75) is 51.4 Å². The quantitative estimate of drug-likeness (QED) is 0.789. The van der Waals surface area contributed by atoms with E-state index in [1.165, 1.54) is 64.3 Å². The molecule has 1 aliphatic heterocycles. The van der Waals surface area contributed by atoms with Gasteiger partial charge in [-0.05, 0) is 57.2 Å². The first kappa shape index (κ1) is 14.3. The number of hydrogen-bond donors (Lipinski definition) is 0. The largest absolute Gasteiger partial charge is 0.303 e. The van der Waals surface area contributed by atoms with E-state index in [2.05, 4.69) is 4.90 Å². The Balaban J connectivity index is 1.70. The molecule has 0 N–H and O–H groups in total. The molecule has 1 spiro atoms. The molecular formula is C14H27NO2S. The Labute approximate surface area is 112 Å². The highest BCUT2D eigenvalue weighted by molar-refractivity contribution is 7.90. The number of likely N-dealkylation sites (tertiary alicyclic amines) is 1. The minimum absolute atomic E-state index is 0.342. The van der Waals surface area contributed by atoms with Crippen LogP contribution in [0.5, 0.6) is 0 Å². The predicted molar refractivity (Wildman–Crippen MR) is 75.5 cm³/mol. The molecule has 2 fully saturated rings. The smallest absolute Gasteiger partial charge is 0.147 e. The van der Waals surface area contributed by atoms with Crippen molar-refractivity contribution >= 4 is 9.84 Å². The maximum atomic E-state index is 11.1. The fraction of sp³-hybridized carbons (Fsp3) is 1.00. The molecule has 0 atom stereocenters. The third kappa shape index (κ3) is 4.23. The molecule has 0 radical (unpaired) electrons. The lowest BCUT2D eigenvalue weighted by Gasteiger charge is -2.44. The number of piperidine rings is 1. The Kier molecular flexibility index (Phi) is 4.70. The van der Waals surface area contributed by atoms with E-state index in [0.717, 1.165) is 13.0 Å². The first-order valence-corrected chi connectivity index (χ1v) is 9.45. The van der Waals surface area contributed by atoms with Crippen molar-refractivity contribution in [2.24, 2.45) is 5.41 Å². The minimum atomic E-state index is -2.78. The molecular weight excluding hydrogens is 246 g/mol. The van der Waals surface area contributed by atoms with Crippen LogP contribution in [0.2, 0.25) is 0 Å². The summed E-state index contributed by atoms with van der Waals surface area (Å²) in [6, 6.07) is 0. The molecule has 18 heavy (non-hydrogen) atoms. The number of hydrogen-bond acceptors (Lipinski definition) is 3. The third-order valence-electron chi connectivity index (χ3n) is 4.82. The van der Waals surface area contributed by atoms with Crippen molar-refractivity contribution in [2.75, 3.05) is 31.6 Å². The van der Waals surface area contributed by atoms with E-state index in [1.54, 1.807) is 0 Å². The van der Waals surface area contributed by atoms with E-state index in [0.29, 0.717) is 11.2 Å². The number of rotatable bonds is 4. The van der Waals surface area contributed by atoms with Gasteiger partial charge in [-0.15, -0.1) is 0 Å². The van der Waals surface area contributed by atoms with Gasteiger partial charge < -0.3 is 4.90 Å². The first-order chi connectivity index (χ1) is 8.49. The summed E-state index contributed by atoms with van der Waals surface area (Å²) in [6.45, 7) is 3.33. The zero-order valence-corrected chi connectivity index (χ0v) is 12.5. The second-order valence-electron chi connectivity index (χ2n) is 6.39. The maximum absolute atomic E-state index is 11.1. The Morgan fingerprint density at radius 1 is 1.00 bits per heavy atom. The minimum Gasteiger partial charge on any atom is -0.303 e. The summed E-state index contributed by atoms with van der Waals surface area (Å²) in [6.07, 6.45) is 12.0. The number of nitrogens with zero attached hydrogens (tertiary/aromatic N) is 1. The van der Waals surface area contributed by atoms with Crippen molar-refractivity contribution in [3.8, 4) is 0 Å². The second kappa shape index (κ2) is 5.91. The lowest BCUT2D eigenvalue weighted by atomic mass is 9.68. The summed E-state index contributed by atoms with van der Waals surface area (Å²) in [5, 5.41) is 0. The van der Waals surface area contributed by atoms with Gasteiger partial charge in [-0.2, -0.15) is 0 Å². The van der Waals surface area contributed by atoms with Gasteiger partial charge in [0.05, 0.1) is 5.75 Å². The van der Waals surface area contributed by atoms with Crippen molar-refractivity contribution in [3.63, 3.8) is 0 Å². The molecule has 0 bridgehead atoms. The molecule has 0 aromatic rings. The molecule has 0 unspecified atom stereocenters. The van der Waals surface area contributed by atoms with E-state index in [1.807, 2.05) is 0 Å². The summed E-state index contributed by atoms with van der Waals surface area (Å²) >= 11 is 0. The summed E-state index contributed by atoms with van der Waals surface area (Å²) in [5.74, 6) is 0.342. The van der Waals surface area contributed by atoms with Crippen molar-refractivity contribution in [1.82, 2.24) is 4.90 Å². The summed E-state index contributed by atoms with van der Waals surface area (Å²) in [4.78, 5) is 2.46. The topological polar surface area (TPSA) is 37.4 Å². The lowest BCUT2D eigenvalue weighted by Crippen LogP contribution is -2.41. The van der Waals surface area contributed by atoms with E-state index in [-0.39, 0.29) is 0 Å². The molecule has 2 aliphatic rings. The van der Waals surface area contributed by atoms with Gasteiger partial charge in [0.15, 0.2) is 0 Å². The monoisotopic (exact) mass is 273 g/mol. The Morgan fingerprint density at radius 3 is 2.17 bits per heavy atom. The van der Waals surface area contributed by atoms with Crippen LogP contribution in [0.4, 0.5) is 0 Å². The lowest BCUT2D eigenvalue weighted by molar-refractivity contribution is 0.0680. The predicted octanol–water partition coefficient (Wildman–Crippen LogP) is 2.47. The second-order valence-corrected chi connectivity index (χ2v) is 8.65. The standard InChI is InChI=1S/C14H27NO2S/c1-18(16,17)13-5-10-15-11-8-14(9-12-15)6-3-2-4-7-14/h2-13H2,1H3. The number of sulfone groups is 1. The zero-order valence-electron chi connectivity index (χ0n) is 11.7. The summed E-state index contributed by atoms with van der Waals surface area (Å²) in [7, 11) is -2.78. The van der Waals surface area contributed by atoms with Gasteiger partial charge in [-0.3, -0.25) is 0 Å². The fourth-order valence-electron chi connectivity index (χ4n) is 3.60. The normalized spacial score (nSPS) is 25.4. The van der Waals surface area contributed by atoms with Gasteiger partial charge in [0.1, 0.15) is 9.84 Å². The Hall–Kier alpha value is -0.0900. The highest BCUT2D eigenvalue weighted by Crippen LogP contribution is 2.44. The van der Waals surface area contributed by atoms with Crippen molar-refractivity contribution < 1.29 is 8.42 Å². The Morgan fingerprint density at radius 2 is 1.61 bits per heavy atom. The fourth-order valence-corrected chi connectivity index (χ4v) is 4.26. The van der Waals surface area contributed by atoms with Gasteiger partial charge in [0, 0.05) is 6.26 Å². The van der Waals surface area contributed by atoms with Crippen LogP contribution in [0.15, 0.2) is 0 Å². The highest BCUT2D eigenvalue weighted by Gasteiger charge is 2.35. The zero-order chi connectivity index (χ0) is 13.1. The van der Waals surface area contributed by atoms with Crippen molar-refractivity contribution in [3.05, 3.63) is 0 Å².